The maximum Gasteiger partial charge on any atom is 0.410 e. The van der Waals surface area contributed by atoms with Crippen LogP contribution in [0.3, 0.4) is 0 Å². The van der Waals surface area contributed by atoms with Gasteiger partial charge in [-0.2, -0.15) is 0 Å². The fourth-order valence-corrected chi connectivity index (χ4v) is 8.66. The van der Waals surface area contributed by atoms with E-state index in [0.29, 0.717) is 29.8 Å². The average molecular weight is 967 g/mol. The molecule has 0 atom stereocenters. The minimum Gasteiger partial charge on any atom is -0.494 e. The summed E-state index contributed by atoms with van der Waals surface area (Å²) in [6.07, 6.45) is 8.81. The second-order valence-corrected chi connectivity index (χ2v) is 18.6. The van der Waals surface area contributed by atoms with E-state index in [-0.39, 0.29) is 50.3 Å². The Labute approximate surface area is 385 Å². The van der Waals surface area contributed by atoms with Gasteiger partial charge in [0.1, 0.15) is 15.4 Å². The number of benzene rings is 2. The molecule has 0 aliphatic carbocycles. The fraction of sp³-hybridized carbons (Fsp3) is 0.222. The van der Waals surface area contributed by atoms with Crippen LogP contribution in [0.4, 0.5) is 13.6 Å². The molecule has 356 valence electrons. The van der Waals surface area contributed by atoms with Crippen LogP contribution < -0.4 is 14.8 Å². The predicted octanol–water partition coefficient (Wildman–Crippen LogP) is 6.67. The highest BCUT2D eigenvalue weighted by atomic mass is 32.2. The first kappa shape index (κ1) is 52.2. The van der Waals surface area contributed by atoms with Crippen LogP contribution in [0.15, 0.2) is 132 Å². The Balaban J connectivity index is 0.000000256. The van der Waals surface area contributed by atoms with Crippen molar-refractivity contribution in [2.45, 2.75) is 49.3 Å². The Hall–Kier alpha value is -7.43. The smallest absolute Gasteiger partial charge is 0.410 e. The highest BCUT2D eigenvalue weighted by Crippen LogP contribution is 2.34. The third-order valence-corrected chi connectivity index (χ3v) is 12.2. The molecule has 0 unspecified atom stereocenters. The molecule has 0 spiro atoms. The molecule has 6 aromatic rings. The van der Waals surface area contributed by atoms with E-state index in [4.69, 9.17) is 24.4 Å². The molecule has 0 aliphatic heterocycles. The number of aromatic nitrogens is 4. The quantitative estimate of drug-likeness (QED) is 0.0967. The number of nitrogens with one attached hydrogen (secondary N) is 1. The molecule has 0 bridgehead atoms. The van der Waals surface area contributed by atoms with Gasteiger partial charge in [-0.25, -0.2) is 47.9 Å². The summed E-state index contributed by atoms with van der Waals surface area (Å²) in [4.78, 5) is 40.5. The number of methoxy groups -OCH3 is 2. The van der Waals surface area contributed by atoms with Crippen LogP contribution in [0.2, 0.25) is 0 Å². The number of halogens is 2. The van der Waals surface area contributed by atoms with Crippen molar-refractivity contribution in [2.75, 3.05) is 28.3 Å². The van der Waals surface area contributed by atoms with Crippen LogP contribution in [-0.4, -0.2) is 102 Å². The van der Waals surface area contributed by atoms with Crippen LogP contribution in [0, 0.1) is 11.6 Å². The molecular weight excluding hydrogens is 919 g/mol. The van der Waals surface area contributed by atoms with E-state index < -0.39 is 55.3 Å². The Kier molecular flexibility index (Phi) is 17.6. The largest absolute Gasteiger partial charge is 0.494 e. The highest BCUT2D eigenvalue weighted by Gasteiger charge is 2.27. The van der Waals surface area contributed by atoms with E-state index in [9.17, 15) is 35.6 Å². The van der Waals surface area contributed by atoms with Crippen molar-refractivity contribution in [2.24, 2.45) is 0 Å². The van der Waals surface area contributed by atoms with E-state index in [1.807, 2.05) is 0 Å². The zero-order chi connectivity index (χ0) is 49.7. The van der Waals surface area contributed by atoms with E-state index >= 15 is 4.39 Å². The monoisotopic (exact) mass is 966 g/mol. The molecule has 0 saturated carbocycles. The number of aliphatic carboxylic acids is 2. The second-order valence-electron chi connectivity index (χ2n) is 15.0. The average Bonchev–Trinajstić information content (AvgIpc) is 3.92. The van der Waals surface area contributed by atoms with Gasteiger partial charge in [0, 0.05) is 74.1 Å². The first-order valence-electron chi connectivity index (χ1n) is 19.7. The van der Waals surface area contributed by atoms with Gasteiger partial charge in [-0.3, -0.25) is 9.97 Å². The topological polar surface area (TPSA) is 239 Å². The zero-order valence-electron chi connectivity index (χ0n) is 37.2. The van der Waals surface area contributed by atoms with Crippen molar-refractivity contribution in [1.29, 1.82) is 0 Å². The number of carboxylic acids is 2. The SMILES string of the molecule is CNCc1cc(-c2cccc(OC)c2F)n(S(=O)(=O)c2cccnc2)c1.COc1cccc(-c2cc(CN(C)C(=O)OC(C)(C)C)cn2S(=O)(=O)c2cccnc2)c1F.O=C(O)/C=C/C(=O)O. The van der Waals surface area contributed by atoms with Crippen LogP contribution >= 0.6 is 0 Å². The minimum absolute atomic E-state index is 0.0218. The summed E-state index contributed by atoms with van der Waals surface area (Å²) in [6, 6.07) is 18.1. The molecule has 6 rings (SSSR count). The van der Waals surface area contributed by atoms with Gasteiger partial charge in [0.25, 0.3) is 20.0 Å². The lowest BCUT2D eigenvalue weighted by atomic mass is 10.1. The van der Waals surface area contributed by atoms with Gasteiger partial charge >= 0.3 is 18.0 Å². The Morgan fingerprint density at radius 2 is 1.16 bits per heavy atom. The third-order valence-electron chi connectivity index (χ3n) is 8.86. The van der Waals surface area contributed by atoms with Crippen LogP contribution in [0.1, 0.15) is 31.9 Å². The maximum atomic E-state index is 15.1. The highest BCUT2D eigenvalue weighted by molar-refractivity contribution is 7.90. The lowest BCUT2D eigenvalue weighted by molar-refractivity contribution is -0.134. The Morgan fingerprint density at radius 1 is 0.731 bits per heavy atom. The number of rotatable bonds is 14. The zero-order valence-corrected chi connectivity index (χ0v) is 38.9. The molecule has 4 heterocycles. The van der Waals surface area contributed by atoms with Crippen LogP contribution in [0.5, 0.6) is 11.5 Å². The van der Waals surface area contributed by atoms with Gasteiger partial charge in [-0.1, -0.05) is 12.1 Å². The summed E-state index contributed by atoms with van der Waals surface area (Å²) in [5.41, 5.74) is 0.964. The van der Waals surface area contributed by atoms with Gasteiger partial charge in [0.2, 0.25) is 0 Å². The standard InChI is InChI=1S/C23H26FN3O5S.C18H18FN3O3S.C4H4O4/c1-23(2,3)32-22(28)26(4)14-16-12-19(18-9-6-10-20(31-5)21(18)24)27(15-16)33(29,30)17-8-7-11-25-13-17;1-20-10-13-9-16(15-6-3-7-17(25-2)18(15)19)22(12-13)26(23,24)14-5-4-8-21-11-14;5-3(6)1-2-4(7)8/h6-13,15H,14H2,1-5H3;3-9,11-12,20H,10H2,1-2H3;1-2H,(H,5,6)(H,7,8)/b;;2-1+. The maximum absolute atomic E-state index is 15.1. The Morgan fingerprint density at radius 3 is 1.54 bits per heavy atom. The lowest BCUT2D eigenvalue weighted by Crippen LogP contribution is -2.33. The van der Waals surface area contributed by atoms with E-state index in [1.165, 1.54) is 118 Å². The number of ether oxygens (including phenoxy) is 3. The summed E-state index contributed by atoms with van der Waals surface area (Å²) in [7, 11) is -2.07. The number of pyridine rings is 2. The molecule has 0 saturated heterocycles. The summed E-state index contributed by atoms with van der Waals surface area (Å²) in [5, 5.41) is 18.6. The first-order chi connectivity index (χ1) is 31.5. The molecule has 1 amide bonds. The number of carbonyl (C=O) groups excluding carboxylic acids is 1. The number of hydrogen-bond acceptors (Lipinski definition) is 13. The second kappa shape index (κ2) is 22.7. The number of carbonyl (C=O) groups is 3. The molecule has 0 radical (unpaired) electrons. The first-order valence-corrected chi connectivity index (χ1v) is 22.6. The molecule has 4 aromatic heterocycles. The van der Waals surface area contributed by atoms with Gasteiger partial charge in [-0.15, -0.1) is 0 Å². The van der Waals surface area contributed by atoms with E-state index in [2.05, 4.69) is 15.3 Å². The van der Waals surface area contributed by atoms with E-state index in [1.54, 1.807) is 46.0 Å². The number of hydrogen-bond donors (Lipinski definition) is 3. The molecule has 18 nitrogen and oxygen atoms in total. The summed E-state index contributed by atoms with van der Waals surface area (Å²) < 4.78 is 100. The van der Waals surface area contributed by atoms with Crippen molar-refractivity contribution in [3.05, 3.63) is 145 Å². The number of carboxylic acid groups (broad SMARTS) is 2. The van der Waals surface area contributed by atoms with Crippen LogP contribution in [-0.2, 0) is 47.5 Å². The van der Waals surface area contributed by atoms with Gasteiger partial charge in [0.05, 0.1) is 32.2 Å². The van der Waals surface area contributed by atoms with E-state index in [0.717, 1.165) is 7.94 Å². The van der Waals surface area contributed by atoms with Gasteiger partial charge in [-0.05, 0) is 99.6 Å². The van der Waals surface area contributed by atoms with Crippen molar-refractivity contribution in [1.82, 2.24) is 28.1 Å². The summed E-state index contributed by atoms with van der Waals surface area (Å²) >= 11 is 0. The number of amides is 1. The van der Waals surface area contributed by atoms with Crippen molar-refractivity contribution < 1.29 is 64.4 Å². The van der Waals surface area contributed by atoms with Crippen molar-refractivity contribution in [3.8, 4) is 34.0 Å². The summed E-state index contributed by atoms with van der Waals surface area (Å²) in [5.74, 6) is -3.81. The lowest BCUT2D eigenvalue weighted by Gasteiger charge is -2.24. The van der Waals surface area contributed by atoms with Crippen molar-refractivity contribution in [3.63, 3.8) is 0 Å². The van der Waals surface area contributed by atoms with Crippen LogP contribution in [0.25, 0.3) is 22.5 Å². The minimum atomic E-state index is -4.11. The van der Waals surface area contributed by atoms with Gasteiger partial charge < -0.3 is 34.6 Å². The normalized spacial score (nSPS) is 11.4. The third kappa shape index (κ3) is 13.6. The molecule has 0 fully saturated rings. The molecule has 2 aromatic carbocycles. The molecular formula is C45H48F2N6O12S2. The molecule has 0 aliphatic rings. The Bertz CT molecular complexity index is 2920. The molecule has 3 N–H and O–H groups in total. The molecule has 67 heavy (non-hydrogen) atoms. The number of nitrogens with zero attached hydrogens (tertiary/aromatic N) is 5. The fourth-order valence-electron chi connectivity index (χ4n) is 5.95. The van der Waals surface area contributed by atoms with Crippen molar-refractivity contribution >= 4 is 38.1 Å². The summed E-state index contributed by atoms with van der Waals surface area (Å²) in [6.45, 7) is 5.73. The molecule has 22 heteroatoms. The predicted molar refractivity (Wildman–Crippen MR) is 241 cm³/mol. The van der Waals surface area contributed by atoms with Gasteiger partial charge in [0.15, 0.2) is 23.1 Å².